The highest BCUT2D eigenvalue weighted by atomic mass is 16.5. The Bertz CT molecular complexity index is 1240. The predicted octanol–water partition coefficient (Wildman–Crippen LogP) is 2.54. The van der Waals surface area contributed by atoms with Gasteiger partial charge in [-0.05, 0) is 30.3 Å². The minimum atomic E-state index is -1.55. The fraction of sp³-hybridized carbons (Fsp3) is 0.280. The summed E-state index contributed by atoms with van der Waals surface area (Å²) in [6.45, 7) is 0.272. The molecular weight excluding hydrogens is 436 g/mol. The molecule has 3 aromatic rings. The van der Waals surface area contributed by atoms with E-state index in [0.29, 0.717) is 16.9 Å². The van der Waals surface area contributed by atoms with Gasteiger partial charge in [-0.1, -0.05) is 30.3 Å². The lowest BCUT2D eigenvalue weighted by atomic mass is 9.96. The van der Waals surface area contributed by atoms with Crippen LogP contribution in [0.1, 0.15) is 28.9 Å². The van der Waals surface area contributed by atoms with Gasteiger partial charge in [-0.3, -0.25) is 14.5 Å². The number of benzene rings is 2. The Morgan fingerprint density at radius 2 is 1.82 bits per heavy atom. The maximum absolute atomic E-state index is 13.6. The van der Waals surface area contributed by atoms with E-state index in [4.69, 9.17) is 9.47 Å². The third-order valence-electron chi connectivity index (χ3n) is 6.24. The fourth-order valence-electron chi connectivity index (χ4n) is 4.65. The molecule has 34 heavy (non-hydrogen) atoms. The number of nitrogens with zero attached hydrogens (tertiary/aromatic N) is 4. The minimum absolute atomic E-state index is 0.0869. The van der Waals surface area contributed by atoms with Gasteiger partial charge in [-0.15, -0.1) is 0 Å². The van der Waals surface area contributed by atoms with Crippen molar-refractivity contribution in [1.82, 2.24) is 14.7 Å². The summed E-state index contributed by atoms with van der Waals surface area (Å²) in [5.74, 6) is -1.22. The molecule has 9 nitrogen and oxygen atoms in total. The van der Waals surface area contributed by atoms with E-state index in [1.807, 2.05) is 30.3 Å². The van der Waals surface area contributed by atoms with Gasteiger partial charge in [-0.2, -0.15) is 5.10 Å². The highest BCUT2D eigenvalue weighted by molar-refractivity contribution is 6.15. The van der Waals surface area contributed by atoms with Gasteiger partial charge in [0.25, 0.3) is 5.91 Å². The number of esters is 1. The molecule has 0 spiro atoms. The molecular formula is C25H24N4O5. The van der Waals surface area contributed by atoms with E-state index in [1.54, 1.807) is 41.2 Å². The quantitative estimate of drug-likeness (QED) is 0.503. The van der Waals surface area contributed by atoms with Crippen LogP contribution in [0, 0.1) is 0 Å². The van der Waals surface area contributed by atoms with Crippen molar-refractivity contribution >= 4 is 23.5 Å². The van der Waals surface area contributed by atoms with E-state index < -0.39 is 11.6 Å². The molecule has 2 aliphatic rings. The number of carbonyl (C=O) groups excluding carboxylic acids is 3. The summed E-state index contributed by atoms with van der Waals surface area (Å²) in [5.41, 5.74) is 0.679. The topological polar surface area (TPSA) is 94.0 Å². The summed E-state index contributed by atoms with van der Waals surface area (Å²) in [4.78, 5) is 42.9. The van der Waals surface area contributed by atoms with Crippen molar-refractivity contribution in [1.29, 1.82) is 0 Å². The van der Waals surface area contributed by atoms with Crippen LogP contribution in [0.15, 0.2) is 66.9 Å². The number of para-hydroxylation sites is 2. The van der Waals surface area contributed by atoms with Crippen molar-refractivity contribution in [3.63, 3.8) is 0 Å². The Balaban J connectivity index is 1.45. The zero-order valence-electron chi connectivity index (χ0n) is 18.7. The maximum Gasteiger partial charge on any atom is 0.354 e. The second-order valence-electron chi connectivity index (χ2n) is 8.18. The zero-order valence-corrected chi connectivity index (χ0v) is 18.7. The van der Waals surface area contributed by atoms with Gasteiger partial charge in [0.05, 0.1) is 23.5 Å². The Morgan fingerprint density at radius 1 is 1.06 bits per heavy atom. The van der Waals surface area contributed by atoms with Crippen LogP contribution in [-0.4, -0.2) is 58.4 Å². The Labute approximate surface area is 196 Å². The van der Waals surface area contributed by atoms with E-state index >= 15 is 0 Å². The standard InChI is InChI=1S/C25H24N4O5/c1-33-16-15-27-23(31)20-9-5-6-10-21(20)29-22(30)11-13-25(27,29)24(32)34-17-18-12-14-28(26-18)19-7-3-2-4-8-19/h2-10,12,14H,11,13,15-17H2,1H3. The fourth-order valence-corrected chi connectivity index (χ4v) is 4.65. The average molecular weight is 460 g/mol. The molecule has 174 valence electrons. The molecule has 0 N–H and O–H groups in total. The third-order valence-corrected chi connectivity index (χ3v) is 6.24. The van der Waals surface area contributed by atoms with Crippen LogP contribution in [0.3, 0.4) is 0 Å². The third kappa shape index (κ3) is 3.45. The normalized spacial score (nSPS) is 19.2. The monoisotopic (exact) mass is 460 g/mol. The van der Waals surface area contributed by atoms with Gasteiger partial charge >= 0.3 is 5.97 Å². The van der Waals surface area contributed by atoms with Gasteiger partial charge in [0.2, 0.25) is 11.6 Å². The van der Waals surface area contributed by atoms with Crippen molar-refractivity contribution < 1.29 is 23.9 Å². The molecule has 1 fully saturated rings. The average Bonchev–Trinajstić information content (AvgIpc) is 3.48. The van der Waals surface area contributed by atoms with Crippen LogP contribution in [-0.2, 0) is 25.7 Å². The molecule has 1 saturated heterocycles. The van der Waals surface area contributed by atoms with Crippen LogP contribution in [0.2, 0.25) is 0 Å². The Kier molecular flexibility index (Phi) is 5.62. The summed E-state index contributed by atoms with van der Waals surface area (Å²) < 4.78 is 12.6. The van der Waals surface area contributed by atoms with Crippen molar-refractivity contribution in [3.05, 3.63) is 78.1 Å². The lowest BCUT2D eigenvalue weighted by Crippen LogP contribution is -2.68. The largest absolute Gasteiger partial charge is 0.456 e. The van der Waals surface area contributed by atoms with Crippen molar-refractivity contribution in [2.75, 3.05) is 25.2 Å². The number of carbonyl (C=O) groups is 3. The first-order valence-electron chi connectivity index (χ1n) is 11.1. The number of anilines is 1. The van der Waals surface area contributed by atoms with E-state index in [1.165, 1.54) is 16.9 Å². The summed E-state index contributed by atoms with van der Waals surface area (Å²) in [7, 11) is 1.52. The number of ether oxygens (including phenoxy) is 2. The summed E-state index contributed by atoms with van der Waals surface area (Å²) in [5, 5.41) is 4.47. The van der Waals surface area contributed by atoms with Gasteiger partial charge in [-0.25, -0.2) is 9.48 Å². The molecule has 1 aromatic heterocycles. The number of hydrogen-bond acceptors (Lipinski definition) is 6. The van der Waals surface area contributed by atoms with E-state index in [9.17, 15) is 14.4 Å². The summed E-state index contributed by atoms with van der Waals surface area (Å²) in [6, 6.07) is 18.2. The molecule has 2 aliphatic heterocycles. The van der Waals surface area contributed by atoms with Gasteiger partial charge in [0.15, 0.2) is 0 Å². The van der Waals surface area contributed by atoms with Crippen molar-refractivity contribution in [3.8, 4) is 5.69 Å². The highest BCUT2D eigenvalue weighted by Crippen LogP contribution is 2.45. The van der Waals surface area contributed by atoms with E-state index in [0.717, 1.165) is 5.69 Å². The lowest BCUT2D eigenvalue weighted by molar-refractivity contribution is -0.159. The van der Waals surface area contributed by atoms with Gasteiger partial charge in [0, 0.05) is 32.7 Å². The van der Waals surface area contributed by atoms with Crippen LogP contribution in [0.25, 0.3) is 5.69 Å². The molecule has 0 aliphatic carbocycles. The second-order valence-corrected chi connectivity index (χ2v) is 8.18. The number of rotatable bonds is 7. The number of aromatic nitrogens is 2. The Morgan fingerprint density at radius 3 is 2.62 bits per heavy atom. The van der Waals surface area contributed by atoms with Crippen LogP contribution >= 0.6 is 0 Å². The lowest BCUT2D eigenvalue weighted by Gasteiger charge is -2.48. The summed E-state index contributed by atoms with van der Waals surface area (Å²) >= 11 is 0. The molecule has 1 unspecified atom stereocenters. The first-order chi connectivity index (χ1) is 16.6. The molecule has 1 atom stereocenters. The van der Waals surface area contributed by atoms with E-state index in [2.05, 4.69) is 5.10 Å². The second kappa shape index (κ2) is 8.75. The smallest absolute Gasteiger partial charge is 0.354 e. The minimum Gasteiger partial charge on any atom is -0.456 e. The number of amides is 2. The number of methoxy groups -OCH3 is 1. The van der Waals surface area contributed by atoms with Gasteiger partial charge in [0.1, 0.15) is 12.3 Å². The van der Waals surface area contributed by atoms with Crippen molar-refractivity contribution in [2.45, 2.75) is 25.1 Å². The first kappa shape index (κ1) is 21.8. The zero-order chi connectivity index (χ0) is 23.7. The molecule has 2 amide bonds. The highest BCUT2D eigenvalue weighted by Gasteiger charge is 2.61. The first-order valence-corrected chi connectivity index (χ1v) is 11.1. The predicted molar refractivity (Wildman–Crippen MR) is 122 cm³/mol. The van der Waals surface area contributed by atoms with Crippen LogP contribution < -0.4 is 4.90 Å². The number of fused-ring (bicyclic) bond motifs is 3. The molecule has 0 bridgehead atoms. The van der Waals surface area contributed by atoms with Crippen LogP contribution in [0.5, 0.6) is 0 Å². The Hall–Kier alpha value is -3.98. The molecule has 0 radical (unpaired) electrons. The molecule has 0 saturated carbocycles. The molecule has 2 aromatic carbocycles. The molecule has 9 heteroatoms. The molecule has 5 rings (SSSR count). The van der Waals surface area contributed by atoms with Crippen LogP contribution in [0.4, 0.5) is 5.69 Å². The summed E-state index contributed by atoms with van der Waals surface area (Å²) in [6.07, 6.45) is 2.06. The van der Waals surface area contributed by atoms with Gasteiger partial charge < -0.3 is 14.4 Å². The maximum atomic E-state index is 13.6. The number of hydrogen-bond donors (Lipinski definition) is 0. The SMILES string of the molecule is COCCN1C(=O)c2ccccc2N2C(=O)CCC12C(=O)OCc1ccn(-c2ccccc2)n1. The molecule has 3 heterocycles. The van der Waals surface area contributed by atoms with Crippen molar-refractivity contribution in [2.24, 2.45) is 0 Å². The van der Waals surface area contributed by atoms with E-state index in [-0.39, 0.29) is 44.4 Å².